The molecule has 0 aliphatic heterocycles. The molecule has 1 heterocycles. The molecule has 1 amide bonds. The lowest BCUT2D eigenvalue weighted by atomic mass is 10.2. The normalized spacial score (nSPS) is 10.1. The monoisotopic (exact) mass is 322 g/mol. The van der Waals surface area contributed by atoms with Crippen molar-refractivity contribution in [2.45, 2.75) is 16.3 Å². The van der Waals surface area contributed by atoms with Gasteiger partial charge in [-0.2, -0.15) is 0 Å². The molecule has 1 aromatic heterocycles. The standard InChI is InChI=1S/C14H11ClN2O3S/c15-13-12(9(5-6-16-13)7-17-14(19)20)21-11-4-2-1-3-10(11)8-18/h1-6,8,17H,7H2,(H,19,20). The van der Waals surface area contributed by atoms with E-state index in [1.807, 2.05) is 6.07 Å². The molecule has 7 heteroatoms. The van der Waals surface area contributed by atoms with Crippen LogP contribution >= 0.6 is 23.4 Å². The topological polar surface area (TPSA) is 79.3 Å². The molecule has 0 saturated carbocycles. The fraction of sp³-hybridized carbons (Fsp3) is 0.0714. The molecule has 0 fully saturated rings. The second-order valence-corrected chi connectivity index (χ2v) is 5.42. The molecule has 5 nitrogen and oxygen atoms in total. The molecule has 0 atom stereocenters. The summed E-state index contributed by atoms with van der Waals surface area (Å²) in [6.45, 7) is 0.114. The van der Waals surface area contributed by atoms with Crippen LogP contribution in [0.2, 0.25) is 5.15 Å². The van der Waals surface area contributed by atoms with E-state index in [-0.39, 0.29) is 11.7 Å². The Kier molecular flexibility index (Phi) is 5.19. The minimum Gasteiger partial charge on any atom is -0.465 e. The molecule has 0 aliphatic rings. The Bertz CT molecular complexity index is 679. The van der Waals surface area contributed by atoms with Crippen LogP contribution in [-0.2, 0) is 6.54 Å². The number of carbonyl (C=O) groups excluding carboxylic acids is 1. The lowest BCUT2D eigenvalue weighted by Crippen LogP contribution is -2.20. The molecule has 0 spiro atoms. The minimum atomic E-state index is -1.12. The van der Waals surface area contributed by atoms with Crippen molar-refractivity contribution >= 4 is 35.7 Å². The number of carboxylic acid groups (broad SMARTS) is 1. The molecule has 21 heavy (non-hydrogen) atoms. The number of nitrogens with zero attached hydrogens (tertiary/aromatic N) is 1. The highest BCUT2D eigenvalue weighted by Gasteiger charge is 2.12. The molecule has 2 aromatic rings. The highest BCUT2D eigenvalue weighted by molar-refractivity contribution is 7.99. The van der Waals surface area contributed by atoms with Gasteiger partial charge in [-0.15, -0.1) is 0 Å². The molecule has 108 valence electrons. The molecule has 1 aromatic carbocycles. The maximum atomic E-state index is 11.1. The Morgan fingerprint density at radius 2 is 2.14 bits per heavy atom. The third-order valence-corrected chi connectivity index (χ3v) is 4.28. The largest absolute Gasteiger partial charge is 0.465 e. The summed E-state index contributed by atoms with van der Waals surface area (Å²) < 4.78 is 0. The van der Waals surface area contributed by atoms with Crippen molar-refractivity contribution in [3.8, 4) is 0 Å². The van der Waals surface area contributed by atoms with Crippen molar-refractivity contribution in [1.29, 1.82) is 0 Å². The van der Waals surface area contributed by atoms with E-state index in [0.717, 1.165) is 11.2 Å². The number of aldehydes is 1. The van der Waals surface area contributed by atoms with Gasteiger partial charge < -0.3 is 10.4 Å². The Morgan fingerprint density at radius 1 is 1.38 bits per heavy atom. The lowest BCUT2D eigenvalue weighted by molar-refractivity contribution is 0.112. The number of hydrogen-bond acceptors (Lipinski definition) is 4. The summed E-state index contributed by atoms with van der Waals surface area (Å²) in [5.41, 5.74) is 1.24. The van der Waals surface area contributed by atoms with Crippen LogP contribution in [0.15, 0.2) is 46.3 Å². The Hall–Kier alpha value is -2.05. The summed E-state index contributed by atoms with van der Waals surface area (Å²) >= 11 is 7.38. The zero-order valence-electron chi connectivity index (χ0n) is 10.7. The molecule has 0 aliphatic carbocycles. The highest BCUT2D eigenvalue weighted by Crippen LogP contribution is 2.36. The summed E-state index contributed by atoms with van der Waals surface area (Å²) in [6.07, 6.45) is 1.16. The average Bonchev–Trinajstić information content (AvgIpc) is 2.48. The van der Waals surface area contributed by atoms with Crippen LogP contribution in [-0.4, -0.2) is 22.5 Å². The summed E-state index contributed by atoms with van der Waals surface area (Å²) in [5.74, 6) is 0. The maximum Gasteiger partial charge on any atom is 0.404 e. The van der Waals surface area contributed by atoms with Gasteiger partial charge in [0, 0.05) is 23.2 Å². The zero-order chi connectivity index (χ0) is 15.2. The molecular formula is C14H11ClN2O3S. The first kappa shape index (κ1) is 15.3. The number of nitrogens with one attached hydrogen (secondary N) is 1. The van der Waals surface area contributed by atoms with Gasteiger partial charge in [0.15, 0.2) is 6.29 Å². The van der Waals surface area contributed by atoms with E-state index in [0.29, 0.717) is 16.0 Å². The third kappa shape index (κ3) is 3.96. The van der Waals surface area contributed by atoms with Gasteiger partial charge in [0.1, 0.15) is 5.15 Å². The Balaban J connectivity index is 2.34. The molecule has 0 radical (unpaired) electrons. The zero-order valence-corrected chi connectivity index (χ0v) is 12.3. The quantitative estimate of drug-likeness (QED) is 0.651. The summed E-state index contributed by atoms with van der Waals surface area (Å²) in [6, 6.07) is 8.77. The first-order valence-corrected chi connectivity index (χ1v) is 7.13. The van der Waals surface area contributed by atoms with Crippen molar-refractivity contribution in [2.75, 3.05) is 0 Å². The molecule has 2 N–H and O–H groups in total. The molecule has 2 rings (SSSR count). The van der Waals surface area contributed by atoms with Crippen molar-refractivity contribution in [3.63, 3.8) is 0 Å². The van der Waals surface area contributed by atoms with Crippen molar-refractivity contribution in [2.24, 2.45) is 0 Å². The van der Waals surface area contributed by atoms with Gasteiger partial charge in [-0.1, -0.05) is 41.6 Å². The van der Waals surface area contributed by atoms with E-state index in [4.69, 9.17) is 16.7 Å². The third-order valence-electron chi connectivity index (χ3n) is 2.63. The summed E-state index contributed by atoms with van der Waals surface area (Å²) in [7, 11) is 0. The number of benzene rings is 1. The van der Waals surface area contributed by atoms with Crippen LogP contribution in [0.3, 0.4) is 0 Å². The van der Waals surface area contributed by atoms with Crippen LogP contribution in [0.5, 0.6) is 0 Å². The molecule has 0 saturated heterocycles. The SMILES string of the molecule is O=Cc1ccccc1Sc1c(CNC(=O)O)ccnc1Cl. The molecule has 0 unspecified atom stereocenters. The number of hydrogen-bond donors (Lipinski definition) is 2. The van der Waals surface area contributed by atoms with Crippen LogP contribution < -0.4 is 5.32 Å². The van der Waals surface area contributed by atoms with Gasteiger partial charge in [-0.05, 0) is 17.7 Å². The Labute approximate surface area is 130 Å². The van der Waals surface area contributed by atoms with Gasteiger partial charge in [-0.25, -0.2) is 9.78 Å². The predicted molar refractivity (Wildman–Crippen MR) is 80.1 cm³/mol. The second kappa shape index (κ2) is 7.10. The van der Waals surface area contributed by atoms with Gasteiger partial charge >= 0.3 is 6.09 Å². The predicted octanol–water partition coefficient (Wildman–Crippen LogP) is 3.47. The van der Waals surface area contributed by atoms with Crippen LogP contribution in [0.4, 0.5) is 4.79 Å². The minimum absolute atomic E-state index is 0.114. The van der Waals surface area contributed by atoms with Crippen LogP contribution in [0, 0.1) is 0 Å². The van der Waals surface area contributed by atoms with E-state index in [9.17, 15) is 9.59 Å². The number of rotatable bonds is 5. The first-order valence-electron chi connectivity index (χ1n) is 5.94. The lowest BCUT2D eigenvalue weighted by Gasteiger charge is -2.11. The number of halogens is 1. The highest BCUT2D eigenvalue weighted by atomic mass is 35.5. The van der Waals surface area contributed by atoms with E-state index in [1.54, 1.807) is 24.3 Å². The maximum absolute atomic E-state index is 11.1. The van der Waals surface area contributed by atoms with Crippen molar-refractivity contribution in [1.82, 2.24) is 10.3 Å². The first-order chi connectivity index (χ1) is 10.1. The van der Waals surface area contributed by atoms with Crippen molar-refractivity contribution in [3.05, 3.63) is 52.8 Å². The van der Waals surface area contributed by atoms with Crippen molar-refractivity contribution < 1.29 is 14.7 Å². The van der Waals surface area contributed by atoms with Gasteiger partial charge in [0.25, 0.3) is 0 Å². The fourth-order valence-corrected chi connectivity index (χ4v) is 2.96. The van der Waals surface area contributed by atoms with Gasteiger partial charge in [0.2, 0.25) is 0 Å². The van der Waals surface area contributed by atoms with E-state index in [2.05, 4.69) is 10.3 Å². The van der Waals surface area contributed by atoms with Gasteiger partial charge in [-0.3, -0.25) is 4.79 Å². The van der Waals surface area contributed by atoms with E-state index < -0.39 is 6.09 Å². The molecule has 0 bridgehead atoms. The van der Waals surface area contributed by atoms with E-state index >= 15 is 0 Å². The number of aromatic nitrogens is 1. The summed E-state index contributed by atoms with van der Waals surface area (Å²) in [5, 5.41) is 11.3. The Morgan fingerprint density at radius 3 is 2.86 bits per heavy atom. The van der Waals surface area contributed by atoms with Crippen LogP contribution in [0.25, 0.3) is 0 Å². The second-order valence-electron chi connectivity index (χ2n) is 4.01. The number of amides is 1. The number of carbonyl (C=O) groups is 2. The van der Waals surface area contributed by atoms with E-state index in [1.165, 1.54) is 18.0 Å². The van der Waals surface area contributed by atoms with Gasteiger partial charge in [0.05, 0.1) is 4.90 Å². The molecular weight excluding hydrogens is 312 g/mol. The fourth-order valence-electron chi connectivity index (χ4n) is 1.66. The summed E-state index contributed by atoms with van der Waals surface area (Å²) in [4.78, 5) is 27.0. The number of pyridine rings is 1. The van der Waals surface area contributed by atoms with Crippen LogP contribution in [0.1, 0.15) is 15.9 Å². The smallest absolute Gasteiger partial charge is 0.404 e. The average molecular weight is 323 g/mol.